The highest BCUT2D eigenvalue weighted by Gasteiger charge is 2.43. The minimum absolute atomic E-state index is 0.174. The van der Waals surface area contributed by atoms with Gasteiger partial charge < -0.3 is 18.9 Å². The van der Waals surface area contributed by atoms with Crippen molar-refractivity contribution in [2.75, 3.05) is 26.4 Å². The maximum Gasteiger partial charge on any atom is 0.310 e. The topological polar surface area (TPSA) is 36.9 Å². The van der Waals surface area contributed by atoms with Crippen molar-refractivity contribution in [3.8, 4) is 0 Å². The minimum Gasteiger partial charge on any atom is -0.370 e. The van der Waals surface area contributed by atoms with Gasteiger partial charge in [0.05, 0.1) is 13.2 Å². The van der Waals surface area contributed by atoms with E-state index in [1.807, 2.05) is 13.8 Å². The average Bonchev–Trinajstić information content (AvgIpc) is 2.64. The molecule has 0 aromatic carbocycles. The van der Waals surface area contributed by atoms with Gasteiger partial charge in [0.2, 0.25) is 0 Å². The molecule has 0 amide bonds. The van der Waals surface area contributed by atoms with Crippen molar-refractivity contribution in [3.63, 3.8) is 0 Å². The molecule has 0 aromatic heterocycles. The fraction of sp³-hybridized carbons (Fsp3) is 1.00. The maximum atomic E-state index is 6.20. The third-order valence-corrected chi connectivity index (χ3v) is 4.53. The lowest BCUT2D eigenvalue weighted by molar-refractivity contribution is -0.417. The van der Waals surface area contributed by atoms with Crippen LogP contribution in [-0.4, -0.2) is 38.5 Å². The van der Waals surface area contributed by atoms with Crippen LogP contribution < -0.4 is 0 Å². The summed E-state index contributed by atoms with van der Waals surface area (Å²) < 4.78 is 24.5. The number of ether oxygens (including phenoxy) is 4. The van der Waals surface area contributed by atoms with Gasteiger partial charge in [-0.2, -0.15) is 0 Å². The van der Waals surface area contributed by atoms with E-state index in [1.165, 1.54) is 32.1 Å². The highest BCUT2D eigenvalue weighted by atomic mass is 16.9. The van der Waals surface area contributed by atoms with Crippen LogP contribution in [0.5, 0.6) is 0 Å². The molecule has 26 heavy (non-hydrogen) atoms. The van der Waals surface area contributed by atoms with Gasteiger partial charge in [0.1, 0.15) is 6.10 Å². The molecule has 1 atom stereocenters. The average molecular weight is 375 g/mol. The van der Waals surface area contributed by atoms with Gasteiger partial charge in [-0.1, -0.05) is 72.1 Å². The zero-order valence-corrected chi connectivity index (χ0v) is 18.3. The summed E-state index contributed by atoms with van der Waals surface area (Å²) in [5.74, 6) is -1.06. The molecule has 158 valence electrons. The SMILES string of the molecule is CCCCCCCCC(OCC)C(OCC)(OCCCC)OCCCC. The van der Waals surface area contributed by atoms with E-state index in [0.717, 1.165) is 38.5 Å². The van der Waals surface area contributed by atoms with Crippen LogP contribution >= 0.6 is 0 Å². The van der Waals surface area contributed by atoms with Crippen LogP contribution in [0.15, 0.2) is 0 Å². The first kappa shape index (κ1) is 25.8. The molecule has 4 nitrogen and oxygen atoms in total. The molecule has 0 saturated carbocycles. The molecule has 4 heteroatoms. The molecule has 0 saturated heterocycles. The second-order valence-corrected chi connectivity index (χ2v) is 6.94. The molecule has 0 rings (SSSR count). The quantitative estimate of drug-likeness (QED) is 0.181. The van der Waals surface area contributed by atoms with Gasteiger partial charge in [-0.25, -0.2) is 0 Å². The van der Waals surface area contributed by atoms with Gasteiger partial charge in [-0.3, -0.25) is 0 Å². The summed E-state index contributed by atoms with van der Waals surface area (Å²) in [6, 6.07) is 0. The Morgan fingerprint density at radius 2 is 1.12 bits per heavy atom. The van der Waals surface area contributed by atoms with Gasteiger partial charge in [0.15, 0.2) is 0 Å². The first-order chi connectivity index (χ1) is 12.7. The smallest absolute Gasteiger partial charge is 0.310 e. The van der Waals surface area contributed by atoms with Gasteiger partial charge in [0, 0.05) is 13.2 Å². The van der Waals surface area contributed by atoms with E-state index in [4.69, 9.17) is 18.9 Å². The lowest BCUT2D eigenvalue weighted by atomic mass is 10.1. The van der Waals surface area contributed by atoms with E-state index >= 15 is 0 Å². The monoisotopic (exact) mass is 374 g/mol. The Kier molecular flexibility index (Phi) is 18.1. The predicted octanol–water partition coefficient (Wildman–Crippen LogP) is 6.47. The van der Waals surface area contributed by atoms with E-state index in [1.54, 1.807) is 0 Å². The fourth-order valence-corrected chi connectivity index (χ4v) is 3.00. The van der Waals surface area contributed by atoms with Crippen LogP contribution in [0.25, 0.3) is 0 Å². The number of unbranched alkanes of at least 4 members (excludes halogenated alkanes) is 7. The van der Waals surface area contributed by atoms with Crippen LogP contribution in [-0.2, 0) is 18.9 Å². The third-order valence-electron chi connectivity index (χ3n) is 4.53. The zero-order chi connectivity index (χ0) is 19.5. The first-order valence-electron chi connectivity index (χ1n) is 11.2. The first-order valence-corrected chi connectivity index (χ1v) is 11.2. The third kappa shape index (κ3) is 11.5. The highest BCUT2D eigenvalue weighted by Crippen LogP contribution is 2.28. The molecular weight excluding hydrogens is 328 g/mol. The molecule has 0 fully saturated rings. The number of rotatable bonds is 20. The number of hydrogen-bond donors (Lipinski definition) is 0. The second kappa shape index (κ2) is 18.2. The van der Waals surface area contributed by atoms with Crippen molar-refractivity contribution in [3.05, 3.63) is 0 Å². The molecule has 1 unspecified atom stereocenters. The lowest BCUT2D eigenvalue weighted by Gasteiger charge is -2.39. The summed E-state index contributed by atoms with van der Waals surface area (Å²) in [6.45, 7) is 13.1. The van der Waals surface area contributed by atoms with Crippen LogP contribution in [0, 0.1) is 0 Å². The van der Waals surface area contributed by atoms with E-state index in [2.05, 4.69) is 20.8 Å². The van der Waals surface area contributed by atoms with Gasteiger partial charge >= 0.3 is 5.97 Å². The van der Waals surface area contributed by atoms with Crippen molar-refractivity contribution >= 4 is 0 Å². The van der Waals surface area contributed by atoms with Gasteiger partial charge in [-0.05, 0) is 33.1 Å². The molecule has 0 aromatic rings. The van der Waals surface area contributed by atoms with Crippen molar-refractivity contribution in [2.45, 2.75) is 117 Å². The summed E-state index contributed by atoms with van der Waals surface area (Å²) in [5, 5.41) is 0. The van der Waals surface area contributed by atoms with Crippen LogP contribution in [0.2, 0.25) is 0 Å². The van der Waals surface area contributed by atoms with E-state index < -0.39 is 5.97 Å². The molecule has 0 radical (unpaired) electrons. The fourth-order valence-electron chi connectivity index (χ4n) is 3.00. The Balaban J connectivity index is 4.89. The lowest BCUT2D eigenvalue weighted by Crippen LogP contribution is -2.51. The summed E-state index contributed by atoms with van der Waals surface area (Å²) in [4.78, 5) is 0. The summed E-state index contributed by atoms with van der Waals surface area (Å²) >= 11 is 0. The Labute approximate surface area is 163 Å². The van der Waals surface area contributed by atoms with E-state index in [0.29, 0.717) is 26.4 Å². The zero-order valence-electron chi connectivity index (χ0n) is 18.3. The molecule has 0 N–H and O–H groups in total. The highest BCUT2D eigenvalue weighted by molar-refractivity contribution is 4.73. The van der Waals surface area contributed by atoms with Crippen LogP contribution in [0.3, 0.4) is 0 Å². The molecular formula is C22H46O4. The second-order valence-electron chi connectivity index (χ2n) is 6.94. The van der Waals surface area contributed by atoms with E-state index in [9.17, 15) is 0 Å². The molecule has 0 aliphatic rings. The standard InChI is InChI=1S/C22H46O4/c1-6-11-14-15-16-17-18-21(23-9-4)22(24-10-5,25-19-12-7-2)26-20-13-8-3/h21H,6-20H2,1-5H3. The Morgan fingerprint density at radius 1 is 0.577 bits per heavy atom. The number of hydrogen-bond acceptors (Lipinski definition) is 4. The normalized spacial score (nSPS) is 13.3. The van der Waals surface area contributed by atoms with Gasteiger partial charge in [-0.15, -0.1) is 0 Å². The molecule has 0 bridgehead atoms. The largest absolute Gasteiger partial charge is 0.370 e. The molecule has 0 aliphatic heterocycles. The molecule has 0 aliphatic carbocycles. The van der Waals surface area contributed by atoms with Gasteiger partial charge in [0.25, 0.3) is 0 Å². The minimum atomic E-state index is -1.06. The van der Waals surface area contributed by atoms with Crippen molar-refractivity contribution in [1.29, 1.82) is 0 Å². The molecule has 0 spiro atoms. The predicted molar refractivity (Wildman–Crippen MR) is 109 cm³/mol. The molecule has 0 heterocycles. The van der Waals surface area contributed by atoms with Crippen molar-refractivity contribution in [2.24, 2.45) is 0 Å². The van der Waals surface area contributed by atoms with Crippen molar-refractivity contribution < 1.29 is 18.9 Å². The summed E-state index contributed by atoms with van der Waals surface area (Å²) in [6.07, 6.45) is 12.5. The summed E-state index contributed by atoms with van der Waals surface area (Å²) in [5.41, 5.74) is 0. The van der Waals surface area contributed by atoms with Crippen LogP contribution in [0.4, 0.5) is 0 Å². The van der Waals surface area contributed by atoms with Crippen molar-refractivity contribution in [1.82, 2.24) is 0 Å². The Bertz CT molecular complexity index is 273. The summed E-state index contributed by atoms with van der Waals surface area (Å²) in [7, 11) is 0. The van der Waals surface area contributed by atoms with E-state index in [-0.39, 0.29) is 6.10 Å². The maximum absolute atomic E-state index is 6.20. The Hall–Kier alpha value is -0.160. The Morgan fingerprint density at radius 3 is 1.62 bits per heavy atom. The van der Waals surface area contributed by atoms with Crippen LogP contribution in [0.1, 0.15) is 105 Å².